The smallest absolute Gasteiger partial charge is 0.230 e. The molecule has 18 rings (SSSR count). The van der Waals surface area contributed by atoms with Crippen molar-refractivity contribution in [2.75, 3.05) is 0 Å². The monoisotopic (exact) mass is 1090 g/mol. The quantitative estimate of drug-likeness (QED) is 0.152. The average molecular weight is 1090 g/mol. The molecule has 6 aromatic heterocycles. The number of para-hydroxylation sites is 10. The summed E-state index contributed by atoms with van der Waals surface area (Å²) in [6, 6.07) is 102. The van der Waals surface area contributed by atoms with E-state index < -0.39 is 0 Å². The highest BCUT2D eigenvalue weighted by atomic mass is 16.3. The van der Waals surface area contributed by atoms with E-state index in [-0.39, 0.29) is 0 Å². The molecule has 0 saturated heterocycles. The van der Waals surface area contributed by atoms with Crippen molar-refractivity contribution < 1.29 is 4.42 Å². The normalized spacial score (nSPS) is 12.0. The number of hydrogen-bond acceptors (Lipinski definition) is 4. The van der Waals surface area contributed by atoms with Gasteiger partial charge in [-0.05, 0) is 66.7 Å². The number of benzene rings is 12. The molecule has 12 aromatic carbocycles. The van der Waals surface area contributed by atoms with Crippen LogP contribution in [-0.4, -0.2) is 33.2 Å². The van der Waals surface area contributed by atoms with Crippen LogP contribution in [0.15, 0.2) is 290 Å². The SMILES string of the molecule is c1ccc(-c2cc(-c3ccccc3)nc(-c3c(-c4nc5ccccc5o4)c(-n4c5ccccc5c5ccccc54)c(-n4c5ccccc5c5ccccc54)c(-n4c5ccccc5c5ccccc54)c3-n3c4ccccc4c4ccccc43)n2)cc1. The minimum absolute atomic E-state index is 0.417. The molecule has 0 radical (unpaired) electrons. The van der Waals surface area contributed by atoms with Crippen LogP contribution in [0.4, 0.5) is 0 Å². The van der Waals surface area contributed by atoms with E-state index in [1.165, 1.54) is 0 Å². The molecule has 0 fully saturated rings. The Morgan fingerprint density at radius 2 is 0.529 bits per heavy atom. The molecule has 8 nitrogen and oxygen atoms in total. The predicted octanol–water partition coefficient (Wildman–Crippen LogP) is 19.7. The standard InChI is InChI=1S/C77H47N7O/c1-3-25-48(26-4-1)59-47-60(49-27-5-2-6-28-49)79-76(78-59)70-71(77-80-58-37-15-24-46-69(58)85-77)73(82-63-40-18-9-31-52(63)53-32-10-19-41-64(53)82)75(84-67-44-22-13-35-56(67)57-36-14-23-45-68(57)84)74(83-65-42-20-11-33-54(65)55-34-12-21-43-66(55)83)72(70)81-61-38-16-7-29-50(61)51-30-8-17-39-62(51)81/h1-47H. The molecule has 18 aromatic rings. The van der Waals surface area contributed by atoms with E-state index >= 15 is 0 Å². The maximum absolute atomic E-state index is 7.47. The zero-order chi connectivity index (χ0) is 55.7. The maximum Gasteiger partial charge on any atom is 0.230 e. The van der Waals surface area contributed by atoms with Gasteiger partial charge in [0.05, 0.1) is 89.4 Å². The largest absolute Gasteiger partial charge is 0.436 e. The minimum Gasteiger partial charge on any atom is -0.436 e. The Bertz CT molecular complexity index is 5440. The first kappa shape index (κ1) is 47.1. The molecular weight excluding hydrogens is 1040 g/mol. The second-order valence-corrected chi connectivity index (χ2v) is 21.8. The van der Waals surface area contributed by atoms with Gasteiger partial charge >= 0.3 is 0 Å². The van der Waals surface area contributed by atoms with Gasteiger partial charge in [-0.15, -0.1) is 0 Å². The second-order valence-electron chi connectivity index (χ2n) is 21.8. The van der Waals surface area contributed by atoms with E-state index in [0.717, 1.165) is 144 Å². The van der Waals surface area contributed by atoms with E-state index in [1.54, 1.807) is 0 Å². The molecule has 0 aliphatic carbocycles. The molecule has 0 bridgehead atoms. The lowest BCUT2D eigenvalue weighted by atomic mass is 9.95. The van der Waals surface area contributed by atoms with Gasteiger partial charge in [-0.25, -0.2) is 15.0 Å². The van der Waals surface area contributed by atoms with Crippen LogP contribution in [0.3, 0.4) is 0 Å². The summed E-state index contributed by atoms with van der Waals surface area (Å²) in [5, 5.41) is 8.91. The first-order chi connectivity index (χ1) is 42.2. The first-order valence-corrected chi connectivity index (χ1v) is 28.8. The number of rotatable bonds is 8. The van der Waals surface area contributed by atoms with E-state index in [0.29, 0.717) is 22.9 Å². The lowest BCUT2D eigenvalue weighted by Crippen LogP contribution is -2.17. The summed E-state index contributed by atoms with van der Waals surface area (Å²) in [6.07, 6.45) is 0. The van der Waals surface area contributed by atoms with Crippen LogP contribution in [0.5, 0.6) is 0 Å². The second kappa shape index (κ2) is 18.5. The van der Waals surface area contributed by atoms with Gasteiger partial charge in [0.1, 0.15) is 5.52 Å². The van der Waals surface area contributed by atoms with Gasteiger partial charge in [0.15, 0.2) is 11.4 Å². The van der Waals surface area contributed by atoms with E-state index in [4.69, 9.17) is 19.4 Å². The lowest BCUT2D eigenvalue weighted by Gasteiger charge is -2.30. The maximum atomic E-state index is 7.47. The van der Waals surface area contributed by atoms with Gasteiger partial charge < -0.3 is 22.7 Å². The van der Waals surface area contributed by atoms with Crippen molar-refractivity contribution in [2.45, 2.75) is 0 Å². The molecule has 0 saturated carbocycles. The fourth-order valence-corrected chi connectivity index (χ4v) is 13.7. The molecular formula is C77H47N7O. The summed E-state index contributed by atoms with van der Waals surface area (Å²) < 4.78 is 17.5. The predicted molar refractivity (Wildman–Crippen MR) is 349 cm³/mol. The van der Waals surface area contributed by atoms with Crippen molar-refractivity contribution in [1.29, 1.82) is 0 Å². The van der Waals surface area contributed by atoms with Gasteiger partial charge in [0.2, 0.25) is 5.89 Å². The van der Waals surface area contributed by atoms with E-state index in [1.807, 2.05) is 24.3 Å². The van der Waals surface area contributed by atoms with Gasteiger partial charge in [-0.1, -0.05) is 218 Å². The number of nitrogens with zero attached hydrogens (tertiary/aromatic N) is 7. The van der Waals surface area contributed by atoms with Crippen molar-refractivity contribution in [2.24, 2.45) is 0 Å². The topological polar surface area (TPSA) is 71.5 Å². The van der Waals surface area contributed by atoms with Crippen molar-refractivity contribution in [3.05, 3.63) is 285 Å². The highest BCUT2D eigenvalue weighted by molar-refractivity contribution is 6.18. The van der Waals surface area contributed by atoms with Crippen molar-refractivity contribution >= 4 is 98.3 Å². The molecule has 85 heavy (non-hydrogen) atoms. The molecule has 6 heterocycles. The first-order valence-electron chi connectivity index (χ1n) is 28.8. The van der Waals surface area contributed by atoms with E-state index in [9.17, 15) is 0 Å². The number of aromatic nitrogens is 7. The van der Waals surface area contributed by atoms with Crippen LogP contribution in [0.1, 0.15) is 0 Å². The fraction of sp³-hybridized carbons (Fsp3) is 0. The zero-order valence-corrected chi connectivity index (χ0v) is 45.7. The third kappa shape index (κ3) is 6.94. The van der Waals surface area contributed by atoms with Gasteiger partial charge in [-0.2, -0.15) is 0 Å². The van der Waals surface area contributed by atoms with Gasteiger partial charge in [-0.3, -0.25) is 0 Å². The van der Waals surface area contributed by atoms with Crippen LogP contribution in [0.25, 0.3) is 166 Å². The van der Waals surface area contributed by atoms with Crippen molar-refractivity contribution in [1.82, 2.24) is 33.2 Å². The highest BCUT2D eigenvalue weighted by Gasteiger charge is 2.38. The molecule has 0 amide bonds. The molecule has 396 valence electrons. The molecule has 8 heteroatoms. The molecule has 0 N–H and O–H groups in total. The summed E-state index contributed by atoms with van der Waals surface area (Å²) >= 11 is 0. The van der Waals surface area contributed by atoms with Crippen LogP contribution in [0.2, 0.25) is 0 Å². The fourth-order valence-electron chi connectivity index (χ4n) is 13.7. The summed E-state index contributed by atoms with van der Waals surface area (Å²) in [5.41, 5.74) is 17.9. The summed E-state index contributed by atoms with van der Waals surface area (Å²) in [5.74, 6) is 0.910. The van der Waals surface area contributed by atoms with Crippen LogP contribution in [-0.2, 0) is 0 Å². The molecule has 0 atom stereocenters. The number of hydrogen-bond donors (Lipinski definition) is 0. The Kier molecular flexibility index (Phi) is 10.2. The summed E-state index contributed by atoms with van der Waals surface area (Å²) in [7, 11) is 0. The average Bonchev–Trinajstić information content (AvgIpc) is 1.70. The lowest BCUT2D eigenvalue weighted by molar-refractivity contribution is 0.619. The molecule has 0 unspecified atom stereocenters. The Balaban J connectivity index is 1.22. The van der Waals surface area contributed by atoms with E-state index in [2.05, 4.69) is 279 Å². The van der Waals surface area contributed by atoms with Gasteiger partial charge in [0.25, 0.3) is 0 Å². The third-order valence-corrected chi connectivity index (χ3v) is 17.2. The number of oxazole rings is 1. The highest BCUT2D eigenvalue weighted by Crippen LogP contribution is 2.54. The molecule has 0 spiro atoms. The molecule has 0 aliphatic rings. The Morgan fingerprint density at radius 3 is 0.871 bits per heavy atom. The van der Waals surface area contributed by atoms with Crippen LogP contribution >= 0.6 is 0 Å². The van der Waals surface area contributed by atoms with Crippen molar-refractivity contribution in [3.8, 4) is 68.1 Å². The Labute approximate surface area is 486 Å². The summed E-state index contributed by atoms with van der Waals surface area (Å²) in [4.78, 5) is 17.6. The minimum atomic E-state index is 0.417. The van der Waals surface area contributed by atoms with Gasteiger partial charge in [0, 0.05) is 54.2 Å². The Hall–Kier alpha value is -11.6. The number of fused-ring (bicyclic) bond motifs is 13. The third-order valence-electron chi connectivity index (χ3n) is 17.2. The van der Waals surface area contributed by atoms with Crippen LogP contribution in [0, 0.1) is 0 Å². The summed E-state index contributed by atoms with van der Waals surface area (Å²) in [6.45, 7) is 0. The van der Waals surface area contributed by atoms with Crippen LogP contribution < -0.4 is 0 Å². The molecule has 0 aliphatic heterocycles. The Morgan fingerprint density at radius 1 is 0.247 bits per heavy atom. The van der Waals surface area contributed by atoms with Crippen molar-refractivity contribution in [3.63, 3.8) is 0 Å². The zero-order valence-electron chi connectivity index (χ0n) is 45.7.